The summed E-state index contributed by atoms with van der Waals surface area (Å²) in [4.78, 5) is 20.6. The summed E-state index contributed by atoms with van der Waals surface area (Å²) < 4.78 is 39.5. The van der Waals surface area contributed by atoms with Crippen LogP contribution in [0.5, 0.6) is 0 Å². The molecule has 0 aliphatic carbocycles. The van der Waals surface area contributed by atoms with Crippen LogP contribution in [0.15, 0.2) is 47.4 Å². The third-order valence-corrected chi connectivity index (χ3v) is 4.95. The highest BCUT2D eigenvalue weighted by Crippen LogP contribution is 2.29. The minimum Gasteiger partial charge on any atom is -0.355 e. The Balaban J connectivity index is 1.44. The topological polar surface area (TPSA) is 67.2 Å². The van der Waals surface area contributed by atoms with Gasteiger partial charge in [0.05, 0.1) is 17.6 Å². The maximum absolute atomic E-state index is 12.7. The van der Waals surface area contributed by atoms with Crippen LogP contribution in [0.3, 0.4) is 0 Å². The fourth-order valence-electron chi connectivity index (χ4n) is 3.39. The van der Waals surface area contributed by atoms with Gasteiger partial charge in [-0.1, -0.05) is 17.3 Å². The van der Waals surface area contributed by atoms with Gasteiger partial charge in [-0.25, -0.2) is 4.98 Å². The van der Waals surface area contributed by atoms with Gasteiger partial charge in [0.2, 0.25) is 0 Å². The first kappa shape index (κ1) is 19.3. The molecule has 0 unspecified atom stereocenters. The number of nitrogens with zero attached hydrogens (tertiary/aromatic N) is 6. The first-order valence-corrected chi connectivity index (χ1v) is 9.25. The number of fused-ring (bicyclic) bond motifs is 1. The SMILES string of the molecule is O=c1c2ccccc2nnn1CN1CCCN(c2ccc(C(F)(F)F)cn2)CC1. The molecule has 1 saturated heterocycles. The van der Waals surface area contributed by atoms with E-state index in [1.807, 2.05) is 4.90 Å². The molecule has 1 aromatic carbocycles. The predicted molar refractivity (Wildman–Crippen MR) is 101 cm³/mol. The molecular weight excluding hydrogens is 385 g/mol. The van der Waals surface area contributed by atoms with Gasteiger partial charge in [-0.3, -0.25) is 9.69 Å². The minimum atomic E-state index is -4.39. The third-order valence-electron chi connectivity index (χ3n) is 4.95. The van der Waals surface area contributed by atoms with E-state index >= 15 is 0 Å². The maximum Gasteiger partial charge on any atom is 0.417 e. The summed E-state index contributed by atoms with van der Waals surface area (Å²) in [6.07, 6.45) is -2.74. The van der Waals surface area contributed by atoms with Gasteiger partial charge in [0, 0.05) is 32.4 Å². The zero-order chi connectivity index (χ0) is 20.4. The highest BCUT2D eigenvalue weighted by Gasteiger charge is 2.31. The fraction of sp³-hybridized carbons (Fsp3) is 0.368. The summed E-state index contributed by atoms with van der Waals surface area (Å²) in [5.74, 6) is 0.516. The van der Waals surface area contributed by atoms with E-state index in [-0.39, 0.29) is 5.56 Å². The van der Waals surface area contributed by atoms with E-state index in [4.69, 9.17) is 0 Å². The lowest BCUT2D eigenvalue weighted by atomic mass is 10.2. The number of rotatable bonds is 3. The second kappa shape index (κ2) is 7.78. The van der Waals surface area contributed by atoms with Gasteiger partial charge in [-0.05, 0) is 30.7 Å². The Morgan fingerprint density at radius 2 is 1.83 bits per heavy atom. The van der Waals surface area contributed by atoms with Crippen molar-refractivity contribution in [2.75, 3.05) is 31.1 Å². The Bertz CT molecular complexity index is 1050. The van der Waals surface area contributed by atoms with Crippen LogP contribution in [-0.2, 0) is 12.8 Å². The highest BCUT2D eigenvalue weighted by atomic mass is 19.4. The Hall–Kier alpha value is -3.01. The van der Waals surface area contributed by atoms with E-state index in [0.29, 0.717) is 43.0 Å². The predicted octanol–water partition coefficient (Wildman–Crippen LogP) is 2.38. The zero-order valence-corrected chi connectivity index (χ0v) is 15.5. The molecule has 0 amide bonds. The molecule has 3 heterocycles. The van der Waals surface area contributed by atoms with E-state index in [0.717, 1.165) is 25.2 Å². The third kappa shape index (κ3) is 4.21. The molecule has 1 aliphatic heterocycles. The zero-order valence-electron chi connectivity index (χ0n) is 15.5. The van der Waals surface area contributed by atoms with E-state index in [1.54, 1.807) is 24.3 Å². The lowest BCUT2D eigenvalue weighted by Gasteiger charge is -2.23. The molecule has 0 atom stereocenters. The van der Waals surface area contributed by atoms with Crippen molar-refractivity contribution < 1.29 is 13.2 Å². The highest BCUT2D eigenvalue weighted by molar-refractivity contribution is 5.76. The van der Waals surface area contributed by atoms with E-state index in [2.05, 4.69) is 20.2 Å². The first-order chi connectivity index (χ1) is 13.9. The summed E-state index contributed by atoms with van der Waals surface area (Å²) in [6, 6.07) is 9.52. The number of alkyl halides is 3. The molecule has 0 bridgehead atoms. The van der Waals surface area contributed by atoms with E-state index in [1.165, 1.54) is 10.7 Å². The van der Waals surface area contributed by atoms with Crippen LogP contribution < -0.4 is 10.5 Å². The Kier molecular flexibility index (Phi) is 5.18. The molecule has 7 nitrogen and oxygen atoms in total. The van der Waals surface area contributed by atoms with Crippen molar-refractivity contribution in [3.8, 4) is 0 Å². The fourth-order valence-corrected chi connectivity index (χ4v) is 3.39. The number of aromatic nitrogens is 4. The van der Waals surface area contributed by atoms with Crippen LogP contribution in [0.1, 0.15) is 12.0 Å². The normalized spacial score (nSPS) is 16.2. The smallest absolute Gasteiger partial charge is 0.355 e. The number of hydrogen-bond acceptors (Lipinski definition) is 6. The van der Waals surface area contributed by atoms with Crippen molar-refractivity contribution in [2.24, 2.45) is 0 Å². The molecule has 10 heteroatoms. The second-order valence-corrected chi connectivity index (χ2v) is 6.91. The van der Waals surface area contributed by atoms with Crippen LogP contribution in [0.2, 0.25) is 0 Å². The van der Waals surface area contributed by atoms with Crippen LogP contribution in [-0.4, -0.2) is 51.1 Å². The van der Waals surface area contributed by atoms with Crippen molar-refractivity contribution in [2.45, 2.75) is 19.3 Å². The lowest BCUT2D eigenvalue weighted by molar-refractivity contribution is -0.137. The van der Waals surface area contributed by atoms with Gasteiger partial charge in [-0.2, -0.15) is 17.9 Å². The van der Waals surface area contributed by atoms with Crippen molar-refractivity contribution in [3.05, 3.63) is 58.5 Å². The van der Waals surface area contributed by atoms with Gasteiger partial charge in [0.25, 0.3) is 5.56 Å². The monoisotopic (exact) mass is 404 g/mol. The quantitative estimate of drug-likeness (QED) is 0.668. The molecule has 29 heavy (non-hydrogen) atoms. The van der Waals surface area contributed by atoms with Crippen molar-refractivity contribution in [1.29, 1.82) is 0 Å². The average Bonchev–Trinajstić information content (AvgIpc) is 2.95. The number of benzene rings is 1. The van der Waals surface area contributed by atoms with Crippen molar-refractivity contribution in [3.63, 3.8) is 0 Å². The molecule has 4 rings (SSSR count). The molecule has 0 spiro atoms. The summed E-state index contributed by atoms with van der Waals surface area (Å²) in [7, 11) is 0. The maximum atomic E-state index is 12.7. The number of anilines is 1. The number of hydrogen-bond donors (Lipinski definition) is 0. The number of pyridine rings is 1. The Morgan fingerprint density at radius 1 is 1.00 bits per heavy atom. The van der Waals surface area contributed by atoms with Crippen molar-refractivity contribution in [1.82, 2.24) is 24.9 Å². The Morgan fingerprint density at radius 3 is 2.59 bits per heavy atom. The summed E-state index contributed by atoms with van der Waals surface area (Å²) >= 11 is 0. The second-order valence-electron chi connectivity index (χ2n) is 6.91. The van der Waals surface area contributed by atoms with Crippen LogP contribution in [0, 0.1) is 0 Å². The van der Waals surface area contributed by atoms with Crippen molar-refractivity contribution >= 4 is 16.7 Å². The summed E-state index contributed by atoms with van der Waals surface area (Å²) in [6.45, 7) is 2.94. The minimum absolute atomic E-state index is 0.193. The molecule has 3 aromatic rings. The Labute approximate surface area is 164 Å². The first-order valence-electron chi connectivity index (χ1n) is 9.25. The van der Waals surface area contributed by atoms with Gasteiger partial charge in [0.1, 0.15) is 11.3 Å². The van der Waals surface area contributed by atoms with E-state index in [9.17, 15) is 18.0 Å². The molecule has 1 fully saturated rings. The average molecular weight is 404 g/mol. The molecular formula is C19H19F3N6O. The standard InChI is InChI=1S/C19H19F3N6O/c20-19(21,22)14-6-7-17(23-12-14)27-9-3-8-26(10-11-27)13-28-18(29)15-4-1-2-5-16(15)24-25-28/h1-2,4-7,12H,3,8-11,13H2. The van der Waals surface area contributed by atoms with Crippen LogP contribution >= 0.6 is 0 Å². The molecule has 152 valence electrons. The molecule has 0 saturated carbocycles. The van der Waals surface area contributed by atoms with Gasteiger partial charge in [0.15, 0.2) is 0 Å². The molecule has 1 aliphatic rings. The number of halogens is 3. The van der Waals surface area contributed by atoms with E-state index < -0.39 is 11.7 Å². The summed E-state index contributed by atoms with van der Waals surface area (Å²) in [5, 5.41) is 8.64. The van der Waals surface area contributed by atoms with Gasteiger partial charge >= 0.3 is 6.18 Å². The molecule has 0 N–H and O–H groups in total. The van der Waals surface area contributed by atoms with Crippen LogP contribution in [0.25, 0.3) is 10.9 Å². The largest absolute Gasteiger partial charge is 0.417 e. The molecule has 0 radical (unpaired) electrons. The molecule has 2 aromatic heterocycles. The van der Waals surface area contributed by atoms with Gasteiger partial charge < -0.3 is 4.90 Å². The summed E-state index contributed by atoms with van der Waals surface area (Å²) in [5.41, 5.74) is -0.391. The van der Waals surface area contributed by atoms with Gasteiger partial charge in [-0.15, -0.1) is 5.10 Å². The van der Waals surface area contributed by atoms with Crippen LogP contribution in [0.4, 0.5) is 19.0 Å². The lowest BCUT2D eigenvalue weighted by Crippen LogP contribution is -2.37.